The van der Waals surface area contributed by atoms with E-state index in [4.69, 9.17) is 0 Å². The zero-order chi connectivity index (χ0) is 20.1. The molecule has 2 N–H and O–H groups in total. The predicted octanol–water partition coefficient (Wildman–Crippen LogP) is 1.15. The van der Waals surface area contributed by atoms with Gasteiger partial charge in [0.05, 0.1) is 24.5 Å². The molecule has 0 bridgehead atoms. The minimum absolute atomic E-state index is 0.138. The molecule has 2 saturated heterocycles. The van der Waals surface area contributed by atoms with Crippen molar-refractivity contribution >= 4 is 15.9 Å². The number of carbonyl (C=O) groups is 1. The highest BCUT2D eigenvalue weighted by atomic mass is 32.2. The van der Waals surface area contributed by atoms with Gasteiger partial charge in [0.2, 0.25) is 10.0 Å². The van der Waals surface area contributed by atoms with Crippen LogP contribution in [0, 0.1) is 11.8 Å². The van der Waals surface area contributed by atoms with Gasteiger partial charge in [-0.05, 0) is 42.5 Å². The lowest BCUT2D eigenvalue weighted by molar-refractivity contribution is -0.887. The zero-order valence-corrected chi connectivity index (χ0v) is 17.9. The molecule has 6 nitrogen and oxygen atoms in total. The maximum absolute atomic E-state index is 12.9. The van der Waals surface area contributed by atoms with Crippen LogP contribution in [-0.2, 0) is 10.0 Å². The molecule has 2 atom stereocenters. The Morgan fingerprint density at radius 1 is 1.11 bits per heavy atom. The molecule has 0 aliphatic carbocycles. The molecule has 0 unspecified atom stereocenters. The van der Waals surface area contributed by atoms with Crippen molar-refractivity contribution in [1.29, 1.82) is 0 Å². The first-order valence-corrected chi connectivity index (χ1v) is 12.0. The number of piperidine rings is 1. The molecule has 3 rings (SSSR count). The Bertz CT molecular complexity index is 748. The minimum atomic E-state index is -3.50. The lowest BCUT2D eigenvalue weighted by Crippen LogP contribution is -3.10. The summed E-state index contributed by atoms with van der Waals surface area (Å²) < 4.78 is 27.4. The van der Waals surface area contributed by atoms with E-state index < -0.39 is 10.0 Å². The average Bonchev–Trinajstić information content (AvgIpc) is 3.18. The minimum Gasteiger partial charge on any atom is -0.352 e. The first-order valence-electron chi connectivity index (χ1n) is 10.6. The molecule has 7 heteroatoms. The number of rotatable bonds is 7. The fraction of sp³-hybridized carbons (Fsp3) is 0.667. The normalized spacial score (nSPS) is 24.4. The summed E-state index contributed by atoms with van der Waals surface area (Å²) in [6.07, 6.45) is 4.65. The first kappa shape index (κ1) is 21.3. The number of likely N-dealkylation sites (tertiary alicyclic amines) is 1. The second-order valence-electron chi connectivity index (χ2n) is 8.61. The average molecular weight is 409 g/mol. The van der Waals surface area contributed by atoms with Crippen LogP contribution in [0.4, 0.5) is 0 Å². The third kappa shape index (κ3) is 5.33. The van der Waals surface area contributed by atoms with Gasteiger partial charge in [0.15, 0.2) is 0 Å². The number of hydrogen-bond acceptors (Lipinski definition) is 3. The van der Waals surface area contributed by atoms with Crippen LogP contribution in [-0.4, -0.2) is 57.9 Å². The van der Waals surface area contributed by atoms with Gasteiger partial charge in [0, 0.05) is 44.5 Å². The summed E-state index contributed by atoms with van der Waals surface area (Å²) in [5.74, 6) is 0.595. The van der Waals surface area contributed by atoms with Crippen molar-refractivity contribution in [2.45, 2.75) is 44.4 Å². The van der Waals surface area contributed by atoms with Crippen LogP contribution in [0.15, 0.2) is 29.2 Å². The van der Waals surface area contributed by atoms with Crippen molar-refractivity contribution in [3.8, 4) is 0 Å². The van der Waals surface area contributed by atoms with Crippen LogP contribution in [0.25, 0.3) is 0 Å². The van der Waals surface area contributed by atoms with Gasteiger partial charge in [0.25, 0.3) is 5.91 Å². The monoisotopic (exact) mass is 408 g/mol. The Morgan fingerprint density at radius 2 is 1.71 bits per heavy atom. The highest BCUT2D eigenvalue weighted by Crippen LogP contribution is 2.26. The largest absolute Gasteiger partial charge is 0.352 e. The van der Waals surface area contributed by atoms with E-state index >= 15 is 0 Å². The Morgan fingerprint density at radius 3 is 2.32 bits per heavy atom. The molecule has 1 aromatic carbocycles. The molecule has 2 aliphatic rings. The molecule has 2 heterocycles. The Balaban J connectivity index is 1.54. The maximum atomic E-state index is 12.9. The van der Waals surface area contributed by atoms with Crippen molar-refractivity contribution in [3.63, 3.8) is 0 Å². The van der Waals surface area contributed by atoms with Crippen molar-refractivity contribution < 1.29 is 18.1 Å². The highest BCUT2D eigenvalue weighted by Gasteiger charge is 2.31. The highest BCUT2D eigenvalue weighted by molar-refractivity contribution is 7.89. The third-order valence-electron chi connectivity index (χ3n) is 5.89. The molecular formula is C21H34N3O3S+. The number of nitrogens with one attached hydrogen (secondary N) is 2. The second kappa shape index (κ2) is 9.37. The van der Waals surface area contributed by atoms with Gasteiger partial charge in [-0.15, -0.1) is 0 Å². The number of nitrogens with zero attached hydrogens (tertiary/aromatic N) is 1. The standard InChI is InChI=1S/C21H33N3O3S/c1-17-14-18(2)16-24(15-17)28(26,27)20-8-6-19(7-9-20)21(25)22-10-5-13-23-11-3-4-12-23/h6-9,17-18H,3-5,10-16H2,1-2H3,(H,22,25)/p+1/t17-,18+. The van der Waals surface area contributed by atoms with Crippen LogP contribution in [0.5, 0.6) is 0 Å². The quantitative estimate of drug-likeness (QED) is 0.665. The van der Waals surface area contributed by atoms with E-state index in [1.165, 1.54) is 25.9 Å². The maximum Gasteiger partial charge on any atom is 0.251 e. The molecule has 28 heavy (non-hydrogen) atoms. The van der Waals surface area contributed by atoms with Crippen molar-refractivity contribution in [1.82, 2.24) is 9.62 Å². The van der Waals surface area contributed by atoms with Gasteiger partial charge in [-0.25, -0.2) is 8.42 Å². The van der Waals surface area contributed by atoms with Crippen molar-refractivity contribution in [3.05, 3.63) is 29.8 Å². The van der Waals surface area contributed by atoms with Crippen LogP contribution < -0.4 is 10.2 Å². The van der Waals surface area contributed by atoms with Crippen molar-refractivity contribution in [2.24, 2.45) is 11.8 Å². The number of benzene rings is 1. The van der Waals surface area contributed by atoms with E-state index in [9.17, 15) is 13.2 Å². The summed E-state index contributed by atoms with van der Waals surface area (Å²) in [5, 5.41) is 2.94. The van der Waals surface area contributed by atoms with Crippen LogP contribution in [0.2, 0.25) is 0 Å². The van der Waals surface area contributed by atoms with Crippen LogP contribution >= 0.6 is 0 Å². The van der Waals surface area contributed by atoms with E-state index in [2.05, 4.69) is 19.2 Å². The summed E-state index contributed by atoms with van der Waals surface area (Å²) in [5.41, 5.74) is 0.507. The molecule has 0 radical (unpaired) electrons. The molecule has 0 saturated carbocycles. The van der Waals surface area contributed by atoms with Crippen LogP contribution in [0.3, 0.4) is 0 Å². The van der Waals surface area contributed by atoms with Crippen molar-refractivity contribution in [2.75, 3.05) is 39.3 Å². The molecule has 0 spiro atoms. The summed E-state index contributed by atoms with van der Waals surface area (Å²) >= 11 is 0. The van der Waals surface area contributed by atoms with Gasteiger partial charge in [-0.2, -0.15) is 4.31 Å². The number of quaternary nitrogens is 1. The molecular weight excluding hydrogens is 374 g/mol. The van der Waals surface area contributed by atoms with E-state index in [-0.39, 0.29) is 10.8 Å². The molecule has 2 fully saturated rings. The second-order valence-corrected chi connectivity index (χ2v) is 10.5. The molecule has 1 amide bonds. The van der Waals surface area contributed by atoms with Crippen LogP contribution in [0.1, 0.15) is 49.9 Å². The predicted molar refractivity (Wildman–Crippen MR) is 110 cm³/mol. The molecule has 0 aromatic heterocycles. The fourth-order valence-corrected chi connectivity index (χ4v) is 6.18. The molecule has 1 aromatic rings. The lowest BCUT2D eigenvalue weighted by Gasteiger charge is -2.34. The topological polar surface area (TPSA) is 70.9 Å². The van der Waals surface area contributed by atoms with Gasteiger partial charge in [-0.3, -0.25) is 4.79 Å². The summed E-state index contributed by atoms with van der Waals surface area (Å²) in [7, 11) is -3.50. The SMILES string of the molecule is C[C@@H]1C[C@H](C)CN(S(=O)(=O)c2ccc(C(=O)NCCC[NH+]3CCCC3)cc2)C1. The Hall–Kier alpha value is -1.44. The van der Waals surface area contributed by atoms with E-state index in [1.807, 2.05) is 0 Å². The summed E-state index contributed by atoms with van der Waals surface area (Å²) in [6, 6.07) is 6.35. The van der Waals surface area contributed by atoms with Gasteiger partial charge < -0.3 is 10.2 Å². The van der Waals surface area contributed by atoms with Gasteiger partial charge in [-0.1, -0.05) is 13.8 Å². The molecule has 2 aliphatic heterocycles. The van der Waals surface area contributed by atoms with E-state index in [1.54, 1.807) is 33.5 Å². The first-order chi connectivity index (χ1) is 13.4. The smallest absolute Gasteiger partial charge is 0.251 e. The lowest BCUT2D eigenvalue weighted by atomic mass is 9.94. The Kier molecular flexibility index (Phi) is 7.12. The number of sulfonamides is 1. The fourth-order valence-electron chi connectivity index (χ4n) is 4.50. The van der Waals surface area contributed by atoms with E-state index in [0.29, 0.717) is 37.0 Å². The van der Waals surface area contributed by atoms with E-state index in [0.717, 1.165) is 19.4 Å². The Labute approximate surface area is 169 Å². The third-order valence-corrected chi connectivity index (χ3v) is 7.74. The number of carbonyl (C=O) groups excluding carboxylic acids is 1. The van der Waals surface area contributed by atoms with Gasteiger partial charge in [0.1, 0.15) is 0 Å². The van der Waals surface area contributed by atoms with Gasteiger partial charge >= 0.3 is 0 Å². The molecule has 156 valence electrons. The zero-order valence-electron chi connectivity index (χ0n) is 17.1. The summed E-state index contributed by atoms with van der Waals surface area (Å²) in [4.78, 5) is 14.2. The number of hydrogen-bond donors (Lipinski definition) is 2. The number of amides is 1. The summed E-state index contributed by atoms with van der Waals surface area (Å²) in [6.45, 7) is 9.57.